The molecular weight excluding hydrogens is 410 g/mol. The molecule has 0 aliphatic carbocycles. The summed E-state index contributed by atoms with van der Waals surface area (Å²) in [6, 6.07) is 14.8. The summed E-state index contributed by atoms with van der Waals surface area (Å²) < 4.78 is 27.5. The third-order valence-corrected chi connectivity index (χ3v) is 6.39. The van der Waals surface area contributed by atoms with Gasteiger partial charge >= 0.3 is 0 Å². The first-order valence-corrected chi connectivity index (χ1v) is 10.5. The van der Waals surface area contributed by atoms with Crippen molar-refractivity contribution in [3.05, 3.63) is 83.8 Å². The minimum absolute atomic E-state index is 0.129. The van der Waals surface area contributed by atoms with Crippen molar-refractivity contribution in [1.82, 2.24) is 14.9 Å². The first-order valence-electron chi connectivity index (χ1n) is 10.5. The van der Waals surface area contributed by atoms with Gasteiger partial charge < -0.3 is 4.90 Å². The van der Waals surface area contributed by atoms with E-state index in [4.69, 9.17) is 0 Å². The number of hydrogen-bond donors (Lipinski definition) is 0. The van der Waals surface area contributed by atoms with E-state index < -0.39 is 17.0 Å². The maximum atomic E-state index is 13.7. The second-order valence-corrected chi connectivity index (χ2v) is 8.12. The van der Waals surface area contributed by atoms with Crippen LogP contribution in [0.15, 0.2) is 61.1 Å². The summed E-state index contributed by atoms with van der Waals surface area (Å²) >= 11 is 0. The molecule has 1 atom stereocenters. The van der Waals surface area contributed by atoms with Crippen molar-refractivity contribution >= 4 is 5.91 Å². The van der Waals surface area contributed by atoms with Gasteiger partial charge in [0.05, 0.1) is 17.2 Å². The Kier molecular flexibility index (Phi) is 5.95. The third-order valence-electron chi connectivity index (χ3n) is 6.39. The molecule has 1 aliphatic rings. The predicted octanol–water partition coefficient (Wildman–Crippen LogP) is 4.97. The maximum Gasteiger partial charge on any atom is 0.254 e. The van der Waals surface area contributed by atoms with Crippen molar-refractivity contribution < 1.29 is 13.6 Å². The SMILES string of the molecule is C[C@H](c1cc(F)cc(F)c1)C1(C#N)CCN(C(=O)c2ccccc2-c2ccncn2)CC1. The molecule has 3 aromatic rings. The van der Waals surface area contributed by atoms with E-state index in [1.54, 1.807) is 23.2 Å². The molecule has 1 saturated heterocycles. The van der Waals surface area contributed by atoms with Gasteiger partial charge in [0.25, 0.3) is 5.91 Å². The molecule has 1 aliphatic heterocycles. The fraction of sp³-hybridized carbons (Fsp3) is 0.280. The minimum atomic E-state index is -0.802. The van der Waals surface area contributed by atoms with Crippen LogP contribution in [0.2, 0.25) is 0 Å². The van der Waals surface area contributed by atoms with Crippen LogP contribution in [0.3, 0.4) is 0 Å². The molecule has 5 nitrogen and oxygen atoms in total. The van der Waals surface area contributed by atoms with E-state index in [2.05, 4.69) is 16.0 Å². The number of piperidine rings is 1. The van der Waals surface area contributed by atoms with Crippen LogP contribution < -0.4 is 0 Å². The predicted molar refractivity (Wildman–Crippen MR) is 115 cm³/mol. The van der Waals surface area contributed by atoms with E-state index in [9.17, 15) is 18.8 Å². The number of nitriles is 1. The van der Waals surface area contributed by atoms with Gasteiger partial charge in [-0.3, -0.25) is 4.79 Å². The highest BCUT2D eigenvalue weighted by atomic mass is 19.1. The highest BCUT2D eigenvalue weighted by molar-refractivity contribution is 6.00. The molecule has 0 spiro atoms. The number of carbonyl (C=O) groups is 1. The fourth-order valence-corrected chi connectivity index (χ4v) is 4.41. The molecule has 162 valence electrons. The van der Waals surface area contributed by atoms with E-state index in [0.717, 1.165) is 11.6 Å². The van der Waals surface area contributed by atoms with Gasteiger partial charge in [-0.05, 0) is 42.7 Å². The molecule has 0 N–H and O–H groups in total. The van der Waals surface area contributed by atoms with Gasteiger partial charge in [-0.25, -0.2) is 18.7 Å². The summed E-state index contributed by atoms with van der Waals surface area (Å²) in [4.78, 5) is 23.2. The number of carbonyl (C=O) groups excluding carboxylic acids is 1. The van der Waals surface area contributed by atoms with Gasteiger partial charge in [-0.15, -0.1) is 0 Å². The molecule has 0 saturated carbocycles. The standard InChI is InChI=1S/C25H22F2N4O/c1-17(18-12-19(26)14-20(27)13-18)25(15-28)7-10-31(11-8-25)24(32)22-5-3-2-4-21(22)23-6-9-29-16-30-23/h2-6,9,12-14,16-17H,7-8,10-11H2,1H3/t17-/m1/s1. The number of aromatic nitrogens is 2. The van der Waals surface area contributed by atoms with Crippen LogP contribution in [0, 0.1) is 28.4 Å². The molecule has 32 heavy (non-hydrogen) atoms. The van der Waals surface area contributed by atoms with E-state index in [1.165, 1.54) is 18.5 Å². The zero-order valence-electron chi connectivity index (χ0n) is 17.6. The van der Waals surface area contributed by atoms with Gasteiger partial charge in [-0.2, -0.15) is 5.26 Å². The van der Waals surface area contributed by atoms with E-state index >= 15 is 0 Å². The van der Waals surface area contributed by atoms with Crippen molar-refractivity contribution in [2.24, 2.45) is 5.41 Å². The third kappa shape index (κ3) is 4.09. The maximum absolute atomic E-state index is 13.7. The summed E-state index contributed by atoms with van der Waals surface area (Å²) in [6.07, 6.45) is 3.91. The van der Waals surface area contributed by atoms with E-state index in [1.807, 2.05) is 25.1 Å². The van der Waals surface area contributed by atoms with E-state index in [0.29, 0.717) is 42.8 Å². The van der Waals surface area contributed by atoms with Crippen molar-refractivity contribution in [3.8, 4) is 17.3 Å². The zero-order chi connectivity index (χ0) is 22.7. The largest absolute Gasteiger partial charge is 0.339 e. The average molecular weight is 432 g/mol. The van der Waals surface area contributed by atoms with Crippen molar-refractivity contribution in [2.45, 2.75) is 25.7 Å². The summed E-state index contributed by atoms with van der Waals surface area (Å²) in [5, 5.41) is 9.99. The molecule has 1 aromatic heterocycles. The normalized spacial score (nSPS) is 16.2. The van der Waals surface area contributed by atoms with Crippen LogP contribution in [-0.2, 0) is 0 Å². The van der Waals surface area contributed by atoms with Gasteiger partial charge in [0.15, 0.2) is 0 Å². The van der Waals surface area contributed by atoms with Crippen LogP contribution in [0.4, 0.5) is 8.78 Å². The Bertz CT molecular complexity index is 1150. The Morgan fingerprint density at radius 2 is 1.81 bits per heavy atom. The van der Waals surface area contributed by atoms with Gasteiger partial charge in [0, 0.05) is 42.4 Å². The molecule has 2 heterocycles. The van der Waals surface area contributed by atoms with Crippen LogP contribution >= 0.6 is 0 Å². The molecule has 0 radical (unpaired) electrons. The molecule has 0 bridgehead atoms. The molecular formula is C25H22F2N4O. The first-order chi connectivity index (χ1) is 15.4. The lowest BCUT2D eigenvalue weighted by molar-refractivity contribution is 0.0624. The summed E-state index contributed by atoms with van der Waals surface area (Å²) in [6.45, 7) is 2.58. The number of nitrogens with zero attached hydrogens (tertiary/aromatic N) is 4. The molecule has 1 fully saturated rings. The lowest BCUT2D eigenvalue weighted by Crippen LogP contribution is -2.44. The van der Waals surface area contributed by atoms with Gasteiger partial charge in [-0.1, -0.05) is 25.1 Å². The van der Waals surface area contributed by atoms with Crippen molar-refractivity contribution in [1.29, 1.82) is 5.26 Å². The van der Waals surface area contributed by atoms with Crippen LogP contribution in [0.25, 0.3) is 11.3 Å². The lowest BCUT2D eigenvalue weighted by Gasteiger charge is -2.41. The van der Waals surface area contributed by atoms with Crippen LogP contribution in [0.5, 0.6) is 0 Å². The minimum Gasteiger partial charge on any atom is -0.339 e. The summed E-state index contributed by atoms with van der Waals surface area (Å²) in [5.41, 5.74) is 1.58. The average Bonchev–Trinajstić information content (AvgIpc) is 2.83. The van der Waals surface area contributed by atoms with Crippen molar-refractivity contribution in [3.63, 3.8) is 0 Å². The van der Waals surface area contributed by atoms with Crippen LogP contribution in [0.1, 0.15) is 41.6 Å². The molecule has 7 heteroatoms. The molecule has 0 unspecified atom stereocenters. The number of amides is 1. The Morgan fingerprint density at radius 1 is 1.12 bits per heavy atom. The number of likely N-dealkylation sites (tertiary alicyclic amines) is 1. The number of rotatable bonds is 4. The molecule has 4 rings (SSSR count). The molecule has 1 amide bonds. The molecule has 2 aromatic carbocycles. The topological polar surface area (TPSA) is 69.9 Å². The number of benzene rings is 2. The Balaban J connectivity index is 1.55. The monoisotopic (exact) mass is 432 g/mol. The second kappa shape index (κ2) is 8.83. The smallest absolute Gasteiger partial charge is 0.254 e. The highest BCUT2D eigenvalue weighted by Crippen LogP contribution is 2.44. The second-order valence-electron chi connectivity index (χ2n) is 8.12. The Hall–Kier alpha value is -3.66. The Morgan fingerprint density at radius 3 is 2.44 bits per heavy atom. The zero-order valence-corrected chi connectivity index (χ0v) is 17.6. The van der Waals surface area contributed by atoms with Crippen LogP contribution in [-0.4, -0.2) is 33.9 Å². The first kappa shape index (κ1) is 21.6. The summed E-state index contributed by atoms with van der Waals surface area (Å²) in [5.74, 6) is -1.82. The number of hydrogen-bond acceptors (Lipinski definition) is 4. The lowest BCUT2D eigenvalue weighted by atomic mass is 9.68. The van der Waals surface area contributed by atoms with Crippen molar-refractivity contribution in [2.75, 3.05) is 13.1 Å². The van der Waals surface area contributed by atoms with Gasteiger partial charge in [0.2, 0.25) is 0 Å². The summed E-state index contributed by atoms with van der Waals surface area (Å²) in [7, 11) is 0. The Labute approximate surface area is 185 Å². The fourth-order valence-electron chi connectivity index (χ4n) is 4.41. The quantitative estimate of drug-likeness (QED) is 0.584. The number of halogens is 2. The highest BCUT2D eigenvalue weighted by Gasteiger charge is 2.42. The van der Waals surface area contributed by atoms with E-state index in [-0.39, 0.29) is 11.8 Å². The van der Waals surface area contributed by atoms with Gasteiger partial charge in [0.1, 0.15) is 18.0 Å².